The second kappa shape index (κ2) is 9.13. The fraction of sp³-hybridized carbons (Fsp3) is 0.360. The van der Waals surface area contributed by atoms with E-state index < -0.39 is 23.3 Å². The first-order chi connectivity index (χ1) is 16.0. The summed E-state index contributed by atoms with van der Waals surface area (Å²) in [7, 11) is 0. The van der Waals surface area contributed by atoms with E-state index in [0.717, 1.165) is 49.3 Å². The van der Waals surface area contributed by atoms with Gasteiger partial charge in [-0.05, 0) is 80.3 Å². The molecule has 1 aliphatic rings. The molecule has 0 amide bonds. The molecular formula is C25H26F3N3O3. The maximum atomic E-state index is 12.8. The monoisotopic (exact) mass is 473 g/mol. The summed E-state index contributed by atoms with van der Waals surface area (Å²) in [6.07, 6.45) is -0.979. The number of aliphatic carboxylic acids is 1. The molecule has 2 aromatic carbocycles. The minimum absolute atomic E-state index is 0.537. The van der Waals surface area contributed by atoms with Crippen molar-refractivity contribution < 1.29 is 27.8 Å². The van der Waals surface area contributed by atoms with Crippen molar-refractivity contribution in [1.29, 1.82) is 0 Å². The van der Waals surface area contributed by atoms with Crippen molar-refractivity contribution in [2.45, 2.75) is 45.0 Å². The molecule has 0 bridgehead atoms. The summed E-state index contributed by atoms with van der Waals surface area (Å²) in [4.78, 5) is 13.6. The Morgan fingerprint density at radius 2 is 1.71 bits per heavy atom. The van der Waals surface area contributed by atoms with Gasteiger partial charge in [-0.3, -0.25) is 4.90 Å². The highest BCUT2D eigenvalue weighted by molar-refractivity contribution is 5.76. The Balaban J connectivity index is 1.39. The van der Waals surface area contributed by atoms with E-state index in [4.69, 9.17) is 4.74 Å². The van der Waals surface area contributed by atoms with Crippen LogP contribution in [-0.4, -0.2) is 44.4 Å². The van der Waals surface area contributed by atoms with Crippen molar-refractivity contribution in [3.8, 4) is 11.4 Å². The number of carboxylic acid groups (broad SMARTS) is 1. The highest BCUT2D eigenvalue weighted by Crippen LogP contribution is 2.30. The largest absolute Gasteiger partial charge is 0.478 e. The molecule has 34 heavy (non-hydrogen) atoms. The fourth-order valence-electron chi connectivity index (χ4n) is 3.93. The Morgan fingerprint density at radius 1 is 1.03 bits per heavy atom. The zero-order valence-electron chi connectivity index (χ0n) is 19.0. The van der Waals surface area contributed by atoms with E-state index in [0.29, 0.717) is 18.0 Å². The summed E-state index contributed by atoms with van der Waals surface area (Å²) < 4.78 is 45.6. The van der Waals surface area contributed by atoms with Gasteiger partial charge in [0.2, 0.25) is 0 Å². The topological polar surface area (TPSA) is 67.6 Å². The third-order valence-corrected chi connectivity index (χ3v) is 5.95. The van der Waals surface area contributed by atoms with E-state index in [1.54, 1.807) is 10.9 Å². The number of hydrogen-bond acceptors (Lipinski definition) is 4. The molecule has 0 unspecified atom stereocenters. The molecule has 3 aromatic rings. The van der Waals surface area contributed by atoms with Gasteiger partial charge in [0, 0.05) is 25.8 Å². The van der Waals surface area contributed by atoms with Gasteiger partial charge in [-0.2, -0.15) is 18.3 Å². The Kier molecular flexibility index (Phi) is 6.40. The molecule has 0 fully saturated rings. The van der Waals surface area contributed by atoms with Crippen LogP contribution in [0.2, 0.25) is 0 Å². The zero-order chi connectivity index (χ0) is 24.5. The molecule has 0 spiro atoms. The van der Waals surface area contributed by atoms with Crippen molar-refractivity contribution in [2.24, 2.45) is 0 Å². The van der Waals surface area contributed by atoms with E-state index in [-0.39, 0.29) is 0 Å². The maximum absolute atomic E-state index is 12.8. The van der Waals surface area contributed by atoms with E-state index in [2.05, 4.69) is 10.00 Å². The lowest BCUT2D eigenvalue weighted by molar-refractivity contribution is -0.152. The molecule has 1 aliphatic heterocycles. The number of ether oxygens (including phenoxy) is 1. The number of fused-ring (bicyclic) bond motifs is 1. The molecule has 0 saturated carbocycles. The average molecular weight is 473 g/mol. The standard InChI is InChI=1S/C25H26F3N3O3/c1-24(2,23(32)33)34-22-8-3-17-9-12-30(13-10-18(17)15-22)16-20-11-14-31(29-20)21-6-4-19(5-7-21)25(26,27)28/h3-8,11,14-15H,9-10,12-13,16H2,1-2H3,(H,32,33). The number of halogens is 3. The lowest BCUT2D eigenvalue weighted by Crippen LogP contribution is -2.37. The number of hydrogen-bond donors (Lipinski definition) is 1. The molecule has 6 nitrogen and oxygen atoms in total. The summed E-state index contributed by atoms with van der Waals surface area (Å²) in [5.41, 5.74) is 1.75. The predicted molar refractivity (Wildman–Crippen MR) is 120 cm³/mol. The summed E-state index contributed by atoms with van der Waals surface area (Å²) in [5.74, 6) is -0.487. The average Bonchev–Trinajstić information content (AvgIpc) is 3.15. The van der Waals surface area contributed by atoms with Crippen molar-refractivity contribution >= 4 is 5.97 Å². The maximum Gasteiger partial charge on any atom is 0.416 e. The first-order valence-corrected chi connectivity index (χ1v) is 11.0. The van der Waals surface area contributed by atoms with Crippen molar-refractivity contribution in [1.82, 2.24) is 14.7 Å². The highest BCUT2D eigenvalue weighted by Gasteiger charge is 2.30. The van der Waals surface area contributed by atoms with E-state index in [1.807, 2.05) is 24.3 Å². The van der Waals surface area contributed by atoms with Crippen LogP contribution in [-0.2, 0) is 30.4 Å². The number of benzene rings is 2. The first kappa shape index (κ1) is 23.8. The lowest BCUT2D eigenvalue weighted by Gasteiger charge is -2.22. The van der Waals surface area contributed by atoms with Crippen molar-refractivity contribution in [3.63, 3.8) is 0 Å². The van der Waals surface area contributed by atoms with Crippen LogP contribution in [0.15, 0.2) is 54.7 Å². The molecule has 0 atom stereocenters. The van der Waals surface area contributed by atoms with Crippen molar-refractivity contribution in [2.75, 3.05) is 13.1 Å². The van der Waals surface area contributed by atoms with Gasteiger partial charge >= 0.3 is 12.1 Å². The van der Waals surface area contributed by atoms with E-state index >= 15 is 0 Å². The predicted octanol–water partition coefficient (Wildman–Crippen LogP) is 4.73. The van der Waals surface area contributed by atoms with Crippen LogP contribution in [0.4, 0.5) is 13.2 Å². The molecule has 180 valence electrons. The molecule has 0 radical (unpaired) electrons. The molecule has 0 saturated heterocycles. The Labute approximate surface area is 195 Å². The third kappa shape index (κ3) is 5.41. The van der Waals surface area contributed by atoms with Gasteiger partial charge in [0.25, 0.3) is 0 Å². The van der Waals surface area contributed by atoms with E-state index in [1.165, 1.54) is 31.5 Å². The fourth-order valence-corrected chi connectivity index (χ4v) is 3.93. The second-order valence-corrected chi connectivity index (χ2v) is 8.92. The molecule has 2 heterocycles. The molecule has 1 aromatic heterocycles. The number of rotatable bonds is 6. The zero-order valence-corrected chi connectivity index (χ0v) is 19.0. The second-order valence-electron chi connectivity index (χ2n) is 8.92. The van der Waals surface area contributed by atoms with Gasteiger partial charge < -0.3 is 9.84 Å². The minimum Gasteiger partial charge on any atom is -0.478 e. The smallest absolute Gasteiger partial charge is 0.416 e. The summed E-state index contributed by atoms with van der Waals surface area (Å²) in [5, 5.41) is 13.8. The summed E-state index contributed by atoms with van der Waals surface area (Å²) >= 11 is 0. The van der Waals surface area contributed by atoms with Gasteiger partial charge in [0.15, 0.2) is 5.60 Å². The molecular weight excluding hydrogens is 447 g/mol. The Hall–Kier alpha value is -3.33. The van der Waals surface area contributed by atoms with Crippen molar-refractivity contribution in [3.05, 3.63) is 77.1 Å². The lowest BCUT2D eigenvalue weighted by atomic mass is 10.0. The van der Waals surface area contributed by atoms with Crippen LogP contribution in [0.1, 0.15) is 36.2 Å². The van der Waals surface area contributed by atoms with Gasteiger partial charge in [0.1, 0.15) is 5.75 Å². The van der Waals surface area contributed by atoms with Crippen LogP contribution < -0.4 is 4.74 Å². The molecule has 9 heteroatoms. The number of aromatic nitrogens is 2. The quantitative estimate of drug-likeness (QED) is 0.561. The third-order valence-electron chi connectivity index (χ3n) is 5.95. The Bertz CT molecular complexity index is 1170. The van der Waals surface area contributed by atoms with E-state index in [9.17, 15) is 23.1 Å². The molecule has 4 rings (SSSR count). The van der Waals surface area contributed by atoms with Gasteiger partial charge in [-0.15, -0.1) is 0 Å². The van der Waals surface area contributed by atoms with Crippen LogP contribution in [0.25, 0.3) is 5.69 Å². The minimum atomic E-state index is -4.36. The van der Waals surface area contributed by atoms with Crippen LogP contribution in [0, 0.1) is 0 Å². The summed E-state index contributed by atoms with van der Waals surface area (Å²) in [6.45, 7) is 5.29. The highest BCUT2D eigenvalue weighted by atomic mass is 19.4. The summed E-state index contributed by atoms with van der Waals surface area (Å²) in [6, 6.07) is 12.5. The van der Waals surface area contributed by atoms with Gasteiger partial charge in [0.05, 0.1) is 16.9 Å². The Morgan fingerprint density at radius 3 is 2.35 bits per heavy atom. The molecule has 0 aliphatic carbocycles. The van der Waals surface area contributed by atoms with Gasteiger partial charge in [-0.1, -0.05) is 6.07 Å². The number of carboxylic acids is 1. The van der Waals surface area contributed by atoms with Crippen LogP contribution in [0.5, 0.6) is 5.75 Å². The SMILES string of the molecule is CC(C)(Oc1ccc2c(c1)CCN(Cc1ccn(-c3ccc(C(F)(F)F)cc3)n1)CC2)C(=O)O. The van der Waals surface area contributed by atoms with Crippen LogP contribution in [0.3, 0.4) is 0 Å². The number of alkyl halides is 3. The number of carbonyl (C=O) groups is 1. The van der Waals surface area contributed by atoms with Crippen LogP contribution >= 0.6 is 0 Å². The number of nitrogens with zero attached hydrogens (tertiary/aromatic N) is 3. The van der Waals surface area contributed by atoms with Gasteiger partial charge in [-0.25, -0.2) is 9.48 Å². The molecule has 1 N–H and O–H groups in total. The first-order valence-electron chi connectivity index (χ1n) is 11.0. The normalized spacial score (nSPS) is 15.0.